The molecule has 41 heavy (non-hydrogen) atoms. The molecule has 0 atom stereocenters. The van der Waals surface area contributed by atoms with Gasteiger partial charge >= 0.3 is 17.8 Å². The second-order valence-corrected chi connectivity index (χ2v) is 9.04. The third-order valence-corrected chi connectivity index (χ3v) is 6.39. The van der Waals surface area contributed by atoms with Crippen molar-refractivity contribution in [3.8, 4) is 28.7 Å². The van der Waals surface area contributed by atoms with Gasteiger partial charge in [-0.2, -0.15) is 18.2 Å². The summed E-state index contributed by atoms with van der Waals surface area (Å²) >= 11 is 0. The molecule has 5 rings (SSSR count). The van der Waals surface area contributed by atoms with Crippen LogP contribution in [0.3, 0.4) is 0 Å². The van der Waals surface area contributed by atoms with Crippen LogP contribution in [-0.2, 0) is 18.4 Å². The molecular formula is C28H27F3N6O4. The van der Waals surface area contributed by atoms with E-state index in [4.69, 9.17) is 14.9 Å². The molecule has 0 radical (unpaired) electrons. The number of aromatic nitrogens is 4. The second kappa shape index (κ2) is 12.1. The van der Waals surface area contributed by atoms with Crippen LogP contribution in [0.15, 0.2) is 64.2 Å². The van der Waals surface area contributed by atoms with Crippen LogP contribution in [0.4, 0.5) is 19.1 Å². The maximum absolute atomic E-state index is 13.4. The first-order valence-corrected chi connectivity index (χ1v) is 12.6. The number of alkyl halides is 3. The van der Waals surface area contributed by atoms with Crippen molar-refractivity contribution in [2.75, 3.05) is 31.1 Å². The summed E-state index contributed by atoms with van der Waals surface area (Å²) in [6.45, 7) is 5.27. The molecule has 1 saturated heterocycles. The average molecular weight is 569 g/mol. The molecule has 13 heteroatoms. The number of nitrogens with one attached hydrogen (secondary N) is 1. The van der Waals surface area contributed by atoms with Crippen molar-refractivity contribution in [3.63, 3.8) is 0 Å². The molecule has 0 unspecified atom stereocenters. The number of nitrogens with zero attached hydrogens (tertiary/aromatic N) is 5. The van der Waals surface area contributed by atoms with Crippen molar-refractivity contribution in [3.05, 3.63) is 75.4 Å². The van der Waals surface area contributed by atoms with Gasteiger partial charge in [0.25, 0.3) is 5.56 Å². The molecule has 3 heterocycles. The highest BCUT2D eigenvalue weighted by molar-refractivity contribution is 5.77. The Morgan fingerprint density at radius 3 is 2.29 bits per heavy atom. The Bertz CT molecular complexity index is 1740. The maximum atomic E-state index is 13.4. The summed E-state index contributed by atoms with van der Waals surface area (Å²) in [6, 6.07) is 17.7. The highest BCUT2D eigenvalue weighted by Gasteiger charge is 2.38. The smallest absolute Gasteiger partial charge is 0.475 e. The number of imidazole rings is 1. The number of rotatable bonds is 4. The van der Waals surface area contributed by atoms with Crippen LogP contribution in [-0.4, -0.2) is 62.1 Å². The van der Waals surface area contributed by atoms with Crippen LogP contribution < -0.4 is 21.5 Å². The Morgan fingerprint density at radius 2 is 1.68 bits per heavy atom. The monoisotopic (exact) mass is 568 g/mol. The van der Waals surface area contributed by atoms with Crippen molar-refractivity contribution in [2.45, 2.75) is 19.6 Å². The maximum Gasteiger partial charge on any atom is 0.490 e. The third kappa shape index (κ3) is 6.17. The Hall–Kier alpha value is -4.83. The van der Waals surface area contributed by atoms with Crippen molar-refractivity contribution < 1.29 is 23.1 Å². The SMILES string of the molecule is CC#CCn1c(N2CCNCC2)nc2c1c(=O)n(C)c(=O)n2-c1cccc(-c2ccccc2)c1.O=C(O)C(F)(F)F. The van der Waals surface area contributed by atoms with E-state index < -0.39 is 17.8 Å². The zero-order valence-electron chi connectivity index (χ0n) is 22.3. The fraction of sp³-hybridized carbons (Fsp3) is 0.286. The van der Waals surface area contributed by atoms with Gasteiger partial charge in [-0.05, 0) is 30.2 Å². The molecule has 214 valence electrons. The van der Waals surface area contributed by atoms with E-state index in [1.807, 2.05) is 59.2 Å². The minimum absolute atomic E-state index is 0.323. The molecule has 0 saturated carbocycles. The first-order chi connectivity index (χ1) is 19.5. The zero-order chi connectivity index (χ0) is 29.7. The van der Waals surface area contributed by atoms with Crippen LogP contribution in [0.2, 0.25) is 0 Å². The molecule has 2 N–H and O–H groups in total. The van der Waals surface area contributed by atoms with E-state index in [-0.39, 0.29) is 5.56 Å². The van der Waals surface area contributed by atoms with Gasteiger partial charge in [0.2, 0.25) is 5.95 Å². The molecule has 0 bridgehead atoms. The number of carboxylic acid groups (broad SMARTS) is 1. The number of hydrogen-bond donors (Lipinski definition) is 2. The van der Waals surface area contributed by atoms with Gasteiger partial charge in [0.05, 0.1) is 12.2 Å². The minimum atomic E-state index is -5.08. The highest BCUT2D eigenvalue weighted by atomic mass is 19.4. The molecule has 0 aliphatic carbocycles. The lowest BCUT2D eigenvalue weighted by atomic mass is 10.1. The van der Waals surface area contributed by atoms with Gasteiger partial charge in [0.15, 0.2) is 11.2 Å². The normalized spacial score (nSPS) is 13.2. The molecular weight excluding hydrogens is 541 g/mol. The number of benzene rings is 2. The first kappa shape index (κ1) is 29.2. The zero-order valence-corrected chi connectivity index (χ0v) is 22.3. The van der Waals surface area contributed by atoms with Crippen LogP contribution in [0, 0.1) is 11.8 Å². The number of piperazine rings is 1. The largest absolute Gasteiger partial charge is 0.490 e. The van der Waals surface area contributed by atoms with Crippen molar-refractivity contribution in [1.29, 1.82) is 0 Å². The fourth-order valence-electron chi connectivity index (χ4n) is 4.38. The predicted molar refractivity (Wildman–Crippen MR) is 148 cm³/mol. The Balaban J connectivity index is 0.000000493. The van der Waals surface area contributed by atoms with E-state index in [1.165, 1.54) is 11.6 Å². The molecule has 1 aliphatic heterocycles. The second-order valence-electron chi connectivity index (χ2n) is 9.04. The van der Waals surface area contributed by atoms with E-state index in [2.05, 4.69) is 22.1 Å². The summed E-state index contributed by atoms with van der Waals surface area (Å²) in [6.07, 6.45) is -5.08. The standard InChI is InChI=1S/C26H26N6O2.C2HF3O2/c1-3-4-15-31-22-23(28-25(31)30-16-13-27-14-17-30)32(26(34)29(2)24(22)33)21-12-8-11-20(18-21)19-9-6-5-7-10-19;3-2(4,5)1(6)7/h5-12,18,27H,13-17H2,1-2H3;(H,6,7). The Morgan fingerprint density at radius 1 is 1.05 bits per heavy atom. The topological polar surface area (TPSA) is 114 Å². The summed E-state index contributed by atoms with van der Waals surface area (Å²) in [5, 5.41) is 10.5. The van der Waals surface area contributed by atoms with Gasteiger partial charge in [-0.3, -0.25) is 13.9 Å². The van der Waals surface area contributed by atoms with Crippen LogP contribution in [0.1, 0.15) is 6.92 Å². The number of fused-ring (bicyclic) bond motifs is 1. The summed E-state index contributed by atoms with van der Waals surface area (Å²) in [4.78, 5) is 42.6. The molecule has 1 aliphatic rings. The van der Waals surface area contributed by atoms with Gasteiger partial charge in [0.1, 0.15) is 0 Å². The predicted octanol–water partition coefficient (Wildman–Crippen LogP) is 2.62. The molecule has 1 fully saturated rings. The number of carbonyl (C=O) groups is 1. The highest BCUT2D eigenvalue weighted by Crippen LogP contribution is 2.25. The fourth-order valence-corrected chi connectivity index (χ4v) is 4.38. The van der Waals surface area contributed by atoms with Crippen molar-refractivity contribution in [2.24, 2.45) is 7.05 Å². The lowest BCUT2D eigenvalue weighted by molar-refractivity contribution is -0.192. The Kier molecular flexibility index (Phi) is 8.63. The first-order valence-electron chi connectivity index (χ1n) is 12.6. The Labute approximate surface area is 232 Å². The van der Waals surface area contributed by atoms with Gasteiger partial charge in [-0.25, -0.2) is 14.2 Å². The minimum Gasteiger partial charge on any atom is -0.475 e. The van der Waals surface area contributed by atoms with Gasteiger partial charge in [-0.1, -0.05) is 48.4 Å². The summed E-state index contributed by atoms with van der Waals surface area (Å²) in [5.41, 5.74) is 2.61. The molecule has 0 amide bonds. The molecule has 10 nitrogen and oxygen atoms in total. The third-order valence-electron chi connectivity index (χ3n) is 6.39. The summed E-state index contributed by atoms with van der Waals surface area (Å²) in [5.74, 6) is 3.88. The molecule has 2 aromatic carbocycles. The number of halogens is 3. The van der Waals surface area contributed by atoms with E-state index in [0.29, 0.717) is 29.3 Å². The number of anilines is 1. The van der Waals surface area contributed by atoms with Crippen LogP contribution >= 0.6 is 0 Å². The number of hydrogen-bond acceptors (Lipinski definition) is 6. The van der Waals surface area contributed by atoms with E-state index in [1.54, 1.807) is 6.92 Å². The van der Waals surface area contributed by atoms with Gasteiger partial charge in [-0.15, -0.1) is 5.92 Å². The quantitative estimate of drug-likeness (QED) is 0.364. The summed E-state index contributed by atoms with van der Waals surface area (Å²) < 4.78 is 36.3. The molecule has 2 aromatic heterocycles. The molecule has 0 spiro atoms. The van der Waals surface area contributed by atoms with Crippen molar-refractivity contribution in [1.82, 2.24) is 24.0 Å². The number of carboxylic acids is 1. The number of aliphatic carboxylic acids is 1. The van der Waals surface area contributed by atoms with Crippen LogP contribution in [0.25, 0.3) is 28.0 Å². The van der Waals surface area contributed by atoms with Gasteiger partial charge in [0, 0.05) is 33.2 Å². The van der Waals surface area contributed by atoms with E-state index in [9.17, 15) is 22.8 Å². The van der Waals surface area contributed by atoms with Crippen molar-refractivity contribution >= 4 is 23.1 Å². The van der Waals surface area contributed by atoms with Gasteiger partial charge < -0.3 is 15.3 Å². The van der Waals surface area contributed by atoms with E-state index in [0.717, 1.165) is 41.9 Å². The van der Waals surface area contributed by atoms with Crippen LogP contribution in [0.5, 0.6) is 0 Å². The molecule has 4 aromatic rings. The average Bonchev–Trinajstić information content (AvgIpc) is 3.35. The lowest BCUT2D eigenvalue weighted by Gasteiger charge is -2.28. The summed E-state index contributed by atoms with van der Waals surface area (Å²) in [7, 11) is 1.51. The van der Waals surface area contributed by atoms with E-state index >= 15 is 0 Å². The lowest BCUT2D eigenvalue weighted by Crippen LogP contribution is -2.44.